The van der Waals surface area contributed by atoms with Gasteiger partial charge in [0.15, 0.2) is 0 Å². The molecule has 0 atom stereocenters. The quantitative estimate of drug-likeness (QED) is 0.819. The van der Waals surface area contributed by atoms with Crippen molar-refractivity contribution in [3.8, 4) is 11.8 Å². The van der Waals surface area contributed by atoms with Crippen LogP contribution in [0.4, 0.5) is 0 Å². The van der Waals surface area contributed by atoms with Crippen molar-refractivity contribution in [2.75, 3.05) is 20.3 Å². The Morgan fingerprint density at radius 3 is 2.95 bits per heavy atom. The average Bonchev–Trinajstić information content (AvgIpc) is 2.84. The number of methoxy groups -OCH3 is 1. The Morgan fingerprint density at radius 1 is 1.58 bits per heavy atom. The molecule has 1 aromatic rings. The van der Waals surface area contributed by atoms with E-state index in [0.717, 1.165) is 24.1 Å². The van der Waals surface area contributed by atoms with Crippen molar-refractivity contribution < 1.29 is 14.6 Å². The number of nitrogens with one attached hydrogen (secondary N) is 1. The highest BCUT2D eigenvalue weighted by Gasteiger charge is 2.37. The first-order valence-electron chi connectivity index (χ1n) is 6.22. The van der Waals surface area contributed by atoms with Crippen molar-refractivity contribution in [3.63, 3.8) is 0 Å². The van der Waals surface area contributed by atoms with Gasteiger partial charge in [0.05, 0.1) is 15.4 Å². The average molecular weight is 279 g/mol. The summed E-state index contributed by atoms with van der Waals surface area (Å²) < 4.78 is 5.46. The molecule has 0 saturated heterocycles. The SMILES string of the molecule is COC1(CNC(=O)c2ccc(C#CCO)s2)CCC1. The van der Waals surface area contributed by atoms with Gasteiger partial charge >= 0.3 is 0 Å². The summed E-state index contributed by atoms with van der Waals surface area (Å²) in [6.07, 6.45) is 3.16. The third-order valence-electron chi connectivity index (χ3n) is 3.39. The fourth-order valence-electron chi connectivity index (χ4n) is 2.01. The minimum atomic E-state index is -0.171. The largest absolute Gasteiger partial charge is 0.384 e. The van der Waals surface area contributed by atoms with Gasteiger partial charge < -0.3 is 15.2 Å². The summed E-state index contributed by atoms with van der Waals surface area (Å²) >= 11 is 1.33. The Balaban J connectivity index is 1.91. The first kappa shape index (κ1) is 14.1. The van der Waals surface area contributed by atoms with E-state index in [1.165, 1.54) is 11.3 Å². The molecule has 5 heteroatoms. The molecular formula is C14H17NO3S. The zero-order valence-corrected chi connectivity index (χ0v) is 11.7. The predicted molar refractivity (Wildman–Crippen MR) is 74.2 cm³/mol. The summed E-state index contributed by atoms with van der Waals surface area (Å²) in [5, 5.41) is 11.5. The number of hydrogen-bond acceptors (Lipinski definition) is 4. The Hall–Kier alpha value is -1.35. The monoisotopic (exact) mass is 279 g/mol. The van der Waals surface area contributed by atoms with Crippen molar-refractivity contribution in [3.05, 3.63) is 21.9 Å². The van der Waals surface area contributed by atoms with Gasteiger partial charge in [0, 0.05) is 13.7 Å². The zero-order chi connectivity index (χ0) is 13.7. The number of thiophene rings is 1. The minimum absolute atomic E-state index is 0.0922. The Bertz CT molecular complexity index is 503. The lowest BCUT2D eigenvalue weighted by Gasteiger charge is -2.40. The summed E-state index contributed by atoms with van der Waals surface area (Å²) in [4.78, 5) is 13.4. The number of aliphatic hydroxyl groups is 1. The number of ether oxygens (including phenoxy) is 1. The van der Waals surface area contributed by atoms with Gasteiger partial charge in [0.1, 0.15) is 6.61 Å². The van der Waals surface area contributed by atoms with E-state index in [-0.39, 0.29) is 18.1 Å². The van der Waals surface area contributed by atoms with Crippen LogP contribution in [0.3, 0.4) is 0 Å². The standard InChI is InChI=1S/C14H17NO3S/c1-18-14(7-3-8-14)10-15-13(17)12-6-5-11(19-12)4-2-9-16/h5-6,16H,3,7-10H2,1H3,(H,15,17). The van der Waals surface area contributed by atoms with Crippen LogP contribution in [-0.2, 0) is 4.74 Å². The van der Waals surface area contributed by atoms with Crippen LogP contribution in [-0.4, -0.2) is 36.9 Å². The third-order valence-corrected chi connectivity index (χ3v) is 4.39. The van der Waals surface area contributed by atoms with Gasteiger partial charge in [0.25, 0.3) is 5.91 Å². The molecule has 0 aromatic carbocycles. The molecule has 0 bridgehead atoms. The van der Waals surface area contributed by atoms with Crippen LogP contribution in [0.2, 0.25) is 0 Å². The molecule has 1 saturated carbocycles. The molecule has 2 rings (SSSR count). The third kappa shape index (κ3) is 3.35. The lowest BCUT2D eigenvalue weighted by Crippen LogP contribution is -2.49. The van der Waals surface area contributed by atoms with E-state index < -0.39 is 0 Å². The maximum Gasteiger partial charge on any atom is 0.261 e. The van der Waals surface area contributed by atoms with Crippen LogP contribution in [0.15, 0.2) is 12.1 Å². The molecule has 1 amide bonds. The van der Waals surface area contributed by atoms with Gasteiger partial charge in [-0.05, 0) is 31.4 Å². The normalized spacial score (nSPS) is 16.1. The summed E-state index contributed by atoms with van der Waals surface area (Å²) in [5.41, 5.74) is -0.160. The molecule has 0 aliphatic heterocycles. The summed E-state index contributed by atoms with van der Waals surface area (Å²) in [6.45, 7) is 0.383. The maximum absolute atomic E-state index is 12.0. The molecule has 4 nitrogen and oxygen atoms in total. The molecule has 1 aromatic heterocycles. The van der Waals surface area contributed by atoms with Crippen molar-refractivity contribution in [1.82, 2.24) is 5.32 Å². The van der Waals surface area contributed by atoms with Gasteiger partial charge in [-0.2, -0.15) is 0 Å². The second-order valence-electron chi connectivity index (χ2n) is 4.55. The topological polar surface area (TPSA) is 58.6 Å². The number of carbonyl (C=O) groups excluding carboxylic acids is 1. The first-order chi connectivity index (χ1) is 9.19. The molecule has 1 heterocycles. The van der Waals surface area contributed by atoms with Crippen molar-refractivity contribution in [2.24, 2.45) is 0 Å². The fraction of sp³-hybridized carbons (Fsp3) is 0.500. The number of hydrogen-bond donors (Lipinski definition) is 2. The molecule has 2 N–H and O–H groups in total. The highest BCUT2D eigenvalue weighted by atomic mass is 32.1. The number of rotatable bonds is 4. The van der Waals surface area contributed by atoms with E-state index in [9.17, 15) is 4.79 Å². The van der Waals surface area contributed by atoms with E-state index in [0.29, 0.717) is 11.4 Å². The van der Waals surface area contributed by atoms with Gasteiger partial charge in [-0.15, -0.1) is 11.3 Å². The van der Waals surface area contributed by atoms with Crippen LogP contribution >= 0.6 is 11.3 Å². The van der Waals surface area contributed by atoms with E-state index in [1.54, 1.807) is 19.2 Å². The van der Waals surface area contributed by atoms with Crippen molar-refractivity contribution in [2.45, 2.75) is 24.9 Å². The highest BCUT2D eigenvalue weighted by molar-refractivity contribution is 7.14. The van der Waals surface area contributed by atoms with Crippen LogP contribution < -0.4 is 5.32 Å². The molecule has 1 aliphatic rings. The molecule has 0 unspecified atom stereocenters. The van der Waals surface area contributed by atoms with Crippen LogP contribution in [0.5, 0.6) is 0 Å². The second kappa shape index (κ2) is 6.20. The van der Waals surface area contributed by atoms with E-state index in [4.69, 9.17) is 9.84 Å². The molecule has 19 heavy (non-hydrogen) atoms. The lowest BCUT2D eigenvalue weighted by atomic mass is 9.80. The first-order valence-corrected chi connectivity index (χ1v) is 7.04. The van der Waals surface area contributed by atoms with Crippen LogP contribution in [0.25, 0.3) is 0 Å². The van der Waals surface area contributed by atoms with Crippen molar-refractivity contribution >= 4 is 17.2 Å². The summed E-state index contributed by atoms with van der Waals surface area (Å²) in [5.74, 6) is 5.26. The predicted octanol–water partition coefficient (Wildman–Crippen LogP) is 1.39. The van der Waals surface area contributed by atoms with Crippen molar-refractivity contribution in [1.29, 1.82) is 0 Å². The summed E-state index contributed by atoms with van der Waals surface area (Å²) in [7, 11) is 1.69. The van der Waals surface area contributed by atoms with E-state index >= 15 is 0 Å². The molecule has 1 fully saturated rings. The van der Waals surface area contributed by atoms with Gasteiger partial charge in [-0.25, -0.2) is 0 Å². The number of amides is 1. The molecule has 0 radical (unpaired) electrons. The van der Waals surface area contributed by atoms with Crippen LogP contribution in [0, 0.1) is 11.8 Å². The van der Waals surface area contributed by atoms with Gasteiger partial charge in [-0.1, -0.05) is 11.8 Å². The summed E-state index contributed by atoms with van der Waals surface area (Å²) in [6, 6.07) is 3.54. The molecular weight excluding hydrogens is 262 g/mol. The zero-order valence-electron chi connectivity index (χ0n) is 10.9. The smallest absolute Gasteiger partial charge is 0.261 e. The van der Waals surface area contributed by atoms with Gasteiger partial charge in [-0.3, -0.25) is 4.79 Å². The second-order valence-corrected chi connectivity index (χ2v) is 5.63. The fourth-order valence-corrected chi connectivity index (χ4v) is 2.80. The molecule has 0 spiro atoms. The van der Waals surface area contributed by atoms with E-state index in [1.807, 2.05) is 0 Å². The van der Waals surface area contributed by atoms with Gasteiger partial charge in [0.2, 0.25) is 0 Å². The van der Waals surface area contributed by atoms with Crippen LogP contribution in [0.1, 0.15) is 33.8 Å². The Labute approximate surface area is 116 Å². The molecule has 1 aliphatic carbocycles. The number of carbonyl (C=O) groups is 1. The molecule has 102 valence electrons. The number of aliphatic hydroxyl groups excluding tert-OH is 1. The van der Waals surface area contributed by atoms with E-state index in [2.05, 4.69) is 17.2 Å². The maximum atomic E-state index is 12.0. The lowest BCUT2D eigenvalue weighted by molar-refractivity contribution is -0.0679. The Kier molecular flexibility index (Phi) is 4.59. The minimum Gasteiger partial charge on any atom is -0.384 e. The highest BCUT2D eigenvalue weighted by Crippen LogP contribution is 2.34. The Morgan fingerprint density at radius 2 is 2.37 bits per heavy atom.